The molecule has 0 spiro atoms. The van der Waals surface area contributed by atoms with E-state index < -0.39 is 20.5 Å². The van der Waals surface area contributed by atoms with Crippen LogP contribution in [0.25, 0.3) is 10.4 Å². The maximum absolute atomic E-state index is 10.4. The molecular weight excluding hydrogens is 365 g/mol. The molecule has 0 fully saturated rings. The number of unbranched alkanes of at least 4 members (excludes halogenated alkanes) is 1. The van der Waals surface area contributed by atoms with Crippen LogP contribution in [0.4, 0.5) is 0 Å². The van der Waals surface area contributed by atoms with Crippen LogP contribution in [0.5, 0.6) is 0 Å². The fourth-order valence-corrected chi connectivity index (χ4v) is 4.73. The Morgan fingerprint density at radius 1 is 1.33 bits per heavy atom. The summed E-state index contributed by atoms with van der Waals surface area (Å²) < 4.78 is 6.01. The summed E-state index contributed by atoms with van der Waals surface area (Å²) in [5, 5.41) is 14.9. The smallest absolute Gasteiger partial charge is 0.186 e. The lowest BCUT2D eigenvalue weighted by molar-refractivity contribution is 0.112. The van der Waals surface area contributed by atoms with Crippen molar-refractivity contribution in [2.75, 3.05) is 6.61 Å². The third kappa shape index (κ3) is 7.01. The monoisotopic (exact) mass is 389 g/mol. The van der Waals surface area contributed by atoms with Gasteiger partial charge in [-0.1, -0.05) is 54.1 Å². The molecule has 0 saturated heterocycles. The molecule has 0 aliphatic heterocycles. The molecule has 1 unspecified atom stereocenters. The van der Waals surface area contributed by atoms with Crippen LogP contribution in [-0.4, -0.2) is 26.1 Å². The average Bonchev–Trinajstić information content (AvgIpc) is 2.53. The number of nitrogens with zero attached hydrogens (tertiary/aromatic N) is 3. The van der Waals surface area contributed by atoms with Crippen molar-refractivity contribution in [2.24, 2.45) is 5.11 Å². The molecular formula is C16H25Cl2N3O2Si. The van der Waals surface area contributed by atoms with Crippen molar-refractivity contribution in [3.8, 4) is 0 Å². The van der Waals surface area contributed by atoms with Gasteiger partial charge in [0.05, 0.1) is 22.2 Å². The topological polar surface area (TPSA) is 78.2 Å². The molecule has 0 aromatic heterocycles. The van der Waals surface area contributed by atoms with Crippen LogP contribution < -0.4 is 0 Å². The van der Waals surface area contributed by atoms with Gasteiger partial charge in [0.2, 0.25) is 0 Å². The highest BCUT2D eigenvalue weighted by molar-refractivity contribution is 6.71. The molecule has 1 rings (SSSR count). The van der Waals surface area contributed by atoms with Crippen LogP contribution in [0.2, 0.25) is 29.2 Å². The van der Waals surface area contributed by atoms with E-state index in [-0.39, 0.29) is 0 Å². The summed E-state index contributed by atoms with van der Waals surface area (Å²) in [6.07, 6.45) is 1.87. The maximum atomic E-state index is 10.4. The predicted octanol–water partition coefficient (Wildman–Crippen LogP) is 6.12. The Hall–Kier alpha value is -0.753. The molecule has 0 heterocycles. The summed E-state index contributed by atoms with van der Waals surface area (Å²) in [5.41, 5.74) is 9.42. The third-order valence-electron chi connectivity index (χ3n) is 3.86. The van der Waals surface area contributed by atoms with E-state index in [0.717, 1.165) is 18.9 Å². The first-order valence-electron chi connectivity index (χ1n) is 8.12. The Labute approximate surface area is 154 Å². The lowest BCUT2D eigenvalue weighted by Gasteiger charge is -2.25. The molecule has 134 valence electrons. The van der Waals surface area contributed by atoms with Crippen molar-refractivity contribution in [3.05, 3.63) is 44.3 Å². The minimum Gasteiger partial charge on any atom is -0.417 e. The van der Waals surface area contributed by atoms with Crippen LogP contribution in [0.15, 0.2) is 23.3 Å². The molecule has 0 aliphatic carbocycles. The van der Waals surface area contributed by atoms with E-state index in [2.05, 4.69) is 30.0 Å². The highest BCUT2D eigenvalue weighted by atomic mass is 35.5. The molecule has 1 aromatic carbocycles. The van der Waals surface area contributed by atoms with Gasteiger partial charge in [-0.3, -0.25) is 0 Å². The van der Waals surface area contributed by atoms with Crippen molar-refractivity contribution in [1.82, 2.24) is 0 Å². The lowest BCUT2D eigenvalue weighted by atomic mass is 10.0. The van der Waals surface area contributed by atoms with Crippen LogP contribution in [0.3, 0.4) is 0 Å². The second-order valence-corrected chi connectivity index (χ2v) is 11.5. The van der Waals surface area contributed by atoms with Crippen molar-refractivity contribution in [3.63, 3.8) is 0 Å². The summed E-state index contributed by atoms with van der Waals surface area (Å²) in [4.78, 5) is 2.84. The number of hydrogen-bond acceptors (Lipinski definition) is 3. The molecule has 0 radical (unpaired) electrons. The van der Waals surface area contributed by atoms with Gasteiger partial charge < -0.3 is 9.53 Å². The summed E-state index contributed by atoms with van der Waals surface area (Å²) >= 11 is 11.9. The van der Waals surface area contributed by atoms with Gasteiger partial charge in [-0.25, -0.2) is 0 Å². The Morgan fingerprint density at radius 2 is 2.04 bits per heavy atom. The standard InChI is InChI=1S/C16H25Cl2N3O2Si/c1-4-5-10-24(2,3)23-9-8-15(22)16(20-21-19)12-6-7-13(17)14(18)11-12/h6-7,11,15-16,22H,4-5,8-10H2,1-3H3/t15-,16?/m1/s1. The fourth-order valence-electron chi connectivity index (χ4n) is 2.41. The van der Waals surface area contributed by atoms with Gasteiger partial charge in [-0.2, -0.15) is 0 Å². The number of rotatable bonds is 10. The highest BCUT2D eigenvalue weighted by Crippen LogP contribution is 2.30. The zero-order valence-corrected chi connectivity index (χ0v) is 16.9. The van der Waals surface area contributed by atoms with Crippen molar-refractivity contribution in [2.45, 2.75) is 57.5 Å². The van der Waals surface area contributed by atoms with Crippen LogP contribution in [0.1, 0.15) is 37.8 Å². The third-order valence-corrected chi connectivity index (χ3v) is 7.15. The largest absolute Gasteiger partial charge is 0.417 e. The van der Waals surface area contributed by atoms with Crippen LogP contribution in [0, 0.1) is 0 Å². The summed E-state index contributed by atoms with van der Waals surface area (Å²) in [6, 6.07) is 5.34. The first kappa shape index (κ1) is 21.3. The molecule has 1 N–H and O–H groups in total. The maximum Gasteiger partial charge on any atom is 0.186 e. The van der Waals surface area contributed by atoms with Gasteiger partial charge in [0.15, 0.2) is 8.32 Å². The van der Waals surface area contributed by atoms with Crippen LogP contribution >= 0.6 is 23.2 Å². The number of aliphatic hydroxyl groups is 1. The van der Waals surface area contributed by atoms with Gasteiger partial charge in [-0.05, 0) is 48.8 Å². The molecule has 24 heavy (non-hydrogen) atoms. The SMILES string of the molecule is CCCC[Si](C)(C)OCC[C@@H](O)C(N=[N+]=[N-])c1ccc(Cl)c(Cl)c1. The Bertz CT molecular complexity index is 580. The number of aliphatic hydroxyl groups excluding tert-OH is 1. The summed E-state index contributed by atoms with van der Waals surface area (Å²) in [5.74, 6) is 0. The first-order chi connectivity index (χ1) is 11.3. The molecule has 0 saturated carbocycles. The molecule has 0 amide bonds. The van der Waals surface area contributed by atoms with Gasteiger partial charge in [0, 0.05) is 11.5 Å². The van der Waals surface area contributed by atoms with E-state index >= 15 is 0 Å². The van der Waals surface area contributed by atoms with E-state index in [1.54, 1.807) is 18.2 Å². The number of azide groups is 1. The summed E-state index contributed by atoms with van der Waals surface area (Å²) in [7, 11) is -1.69. The summed E-state index contributed by atoms with van der Waals surface area (Å²) in [6.45, 7) is 6.97. The normalized spacial score (nSPS) is 14.1. The Morgan fingerprint density at radius 3 is 2.62 bits per heavy atom. The molecule has 1 aromatic rings. The van der Waals surface area contributed by atoms with Gasteiger partial charge in [-0.15, -0.1) is 0 Å². The Kier molecular flexibility index (Phi) is 9.12. The highest BCUT2D eigenvalue weighted by Gasteiger charge is 2.24. The first-order valence-corrected chi connectivity index (χ1v) is 12.0. The van der Waals surface area contributed by atoms with Gasteiger partial charge >= 0.3 is 0 Å². The zero-order valence-electron chi connectivity index (χ0n) is 14.4. The Balaban J connectivity index is 2.69. The second kappa shape index (κ2) is 10.3. The van der Waals surface area contributed by atoms with E-state index in [9.17, 15) is 5.11 Å². The molecule has 0 bridgehead atoms. The van der Waals surface area contributed by atoms with E-state index in [0.29, 0.717) is 28.6 Å². The van der Waals surface area contributed by atoms with Gasteiger partial charge in [0.1, 0.15) is 0 Å². The minimum absolute atomic E-state index is 0.365. The fraction of sp³-hybridized carbons (Fsp3) is 0.625. The molecule has 0 aliphatic rings. The second-order valence-electron chi connectivity index (χ2n) is 6.39. The number of benzene rings is 1. The quantitative estimate of drug-likeness (QED) is 0.226. The van der Waals surface area contributed by atoms with Crippen molar-refractivity contribution >= 4 is 31.5 Å². The average molecular weight is 390 g/mol. The van der Waals surface area contributed by atoms with Gasteiger partial charge in [0.25, 0.3) is 0 Å². The van der Waals surface area contributed by atoms with E-state index in [1.165, 1.54) is 0 Å². The predicted molar refractivity (Wildman–Crippen MR) is 102 cm³/mol. The van der Waals surface area contributed by atoms with E-state index in [1.807, 2.05) is 0 Å². The molecule has 2 atom stereocenters. The number of hydrogen-bond donors (Lipinski definition) is 1. The van der Waals surface area contributed by atoms with E-state index in [4.69, 9.17) is 33.2 Å². The molecule has 8 heteroatoms. The minimum atomic E-state index is -1.69. The molecule has 5 nitrogen and oxygen atoms in total. The zero-order chi connectivity index (χ0) is 18.2. The lowest BCUT2D eigenvalue weighted by Crippen LogP contribution is -2.32. The van der Waals surface area contributed by atoms with Crippen molar-refractivity contribution in [1.29, 1.82) is 0 Å². The van der Waals surface area contributed by atoms with Crippen molar-refractivity contribution < 1.29 is 9.53 Å². The number of halogens is 2. The van der Waals surface area contributed by atoms with Crippen LogP contribution in [-0.2, 0) is 4.43 Å².